The van der Waals surface area contributed by atoms with E-state index >= 15 is 0 Å². The molecule has 3 atom stereocenters. The fourth-order valence-corrected chi connectivity index (χ4v) is 3.77. The lowest BCUT2D eigenvalue weighted by Crippen LogP contribution is -2.49. The minimum atomic E-state index is -1.46. The summed E-state index contributed by atoms with van der Waals surface area (Å²) < 4.78 is 1.69. The lowest BCUT2D eigenvalue weighted by Gasteiger charge is -2.35. The van der Waals surface area contributed by atoms with Gasteiger partial charge in [0.2, 0.25) is 12.2 Å². The van der Waals surface area contributed by atoms with Gasteiger partial charge in [-0.15, -0.1) is 0 Å². The first-order valence-electron chi connectivity index (χ1n) is 8.49. The number of carboxylic acids is 1. The predicted molar refractivity (Wildman–Crippen MR) is 93.4 cm³/mol. The molecule has 0 radical (unpaired) electrons. The summed E-state index contributed by atoms with van der Waals surface area (Å²) in [5.41, 5.74) is 2.67. The predicted octanol–water partition coefficient (Wildman–Crippen LogP) is 0.977. The van der Waals surface area contributed by atoms with Crippen LogP contribution in [0.15, 0.2) is 30.7 Å². The number of fused-ring (bicyclic) bond motifs is 2. The maximum atomic E-state index is 11.1. The Morgan fingerprint density at radius 1 is 1.42 bits per heavy atom. The molecule has 0 amide bonds. The van der Waals surface area contributed by atoms with E-state index in [0.717, 1.165) is 29.8 Å². The Labute approximate surface area is 150 Å². The van der Waals surface area contributed by atoms with Crippen LogP contribution < -0.4 is 5.32 Å². The number of carboxylic acid groups (broad SMARTS) is 1. The average molecular weight is 356 g/mol. The van der Waals surface area contributed by atoms with Crippen LogP contribution in [0.5, 0.6) is 0 Å². The number of hydrogen-bond donors (Lipinski definition) is 3. The van der Waals surface area contributed by atoms with Crippen LogP contribution in [0.25, 0.3) is 5.57 Å². The topological polar surface area (TPSA) is 116 Å². The number of nitrogens with one attached hydrogen (secondary N) is 1. The molecular formula is C17H20N6O3. The average Bonchev–Trinajstić information content (AvgIpc) is 3.14. The molecule has 1 fully saturated rings. The summed E-state index contributed by atoms with van der Waals surface area (Å²) in [7, 11) is 1.84. The largest absolute Gasteiger partial charge is 0.478 e. The molecule has 2 aromatic rings. The van der Waals surface area contributed by atoms with Crippen LogP contribution in [0.2, 0.25) is 0 Å². The first kappa shape index (κ1) is 16.7. The van der Waals surface area contributed by atoms with Gasteiger partial charge in [-0.05, 0) is 30.9 Å². The van der Waals surface area contributed by atoms with E-state index < -0.39 is 12.2 Å². The highest BCUT2D eigenvalue weighted by Gasteiger charge is 2.42. The SMILES string of the molecule is Cn1cc(Nc2nccc(C3=CC4CCC(C3)N4C(O)C(=O)O)n2)cn1. The first-order valence-corrected chi connectivity index (χ1v) is 8.49. The van der Waals surface area contributed by atoms with E-state index in [-0.39, 0.29) is 12.1 Å². The Morgan fingerprint density at radius 2 is 2.27 bits per heavy atom. The van der Waals surface area contributed by atoms with Crippen LogP contribution in [-0.2, 0) is 11.8 Å². The Balaban J connectivity index is 1.56. The highest BCUT2D eigenvalue weighted by molar-refractivity contribution is 5.73. The van der Waals surface area contributed by atoms with Crippen molar-refractivity contribution < 1.29 is 15.0 Å². The molecule has 4 rings (SSSR count). The van der Waals surface area contributed by atoms with Gasteiger partial charge in [0.25, 0.3) is 0 Å². The summed E-state index contributed by atoms with van der Waals surface area (Å²) in [6.45, 7) is 0. The van der Waals surface area contributed by atoms with Gasteiger partial charge in [-0.25, -0.2) is 14.8 Å². The second-order valence-electron chi connectivity index (χ2n) is 6.65. The smallest absolute Gasteiger partial charge is 0.348 e. The van der Waals surface area contributed by atoms with Gasteiger partial charge in [0.1, 0.15) is 0 Å². The highest BCUT2D eigenvalue weighted by atomic mass is 16.4. The molecule has 0 aliphatic carbocycles. The number of nitrogens with zero attached hydrogens (tertiary/aromatic N) is 5. The van der Waals surface area contributed by atoms with E-state index in [1.165, 1.54) is 0 Å². The molecule has 0 spiro atoms. The number of aromatic nitrogens is 4. The Kier molecular flexibility index (Phi) is 4.17. The highest BCUT2D eigenvalue weighted by Crippen LogP contribution is 2.39. The number of aryl methyl sites for hydroxylation is 1. The Hall–Kier alpha value is -2.78. The molecule has 26 heavy (non-hydrogen) atoms. The fourth-order valence-electron chi connectivity index (χ4n) is 3.77. The summed E-state index contributed by atoms with van der Waals surface area (Å²) in [6, 6.07) is 1.78. The summed E-state index contributed by atoms with van der Waals surface area (Å²) in [5, 5.41) is 26.3. The zero-order chi connectivity index (χ0) is 18.3. The van der Waals surface area contributed by atoms with E-state index in [9.17, 15) is 9.90 Å². The van der Waals surface area contributed by atoms with E-state index in [1.807, 2.05) is 25.4 Å². The molecule has 2 aliphatic rings. The molecule has 136 valence electrons. The van der Waals surface area contributed by atoms with Gasteiger partial charge >= 0.3 is 5.97 Å². The maximum Gasteiger partial charge on any atom is 0.348 e. The van der Waals surface area contributed by atoms with Gasteiger partial charge < -0.3 is 15.5 Å². The van der Waals surface area contributed by atoms with Crippen molar-refractivity contribution in [2.24, 2.45) is 7.05 Å². The van der Waals surface area contributed by atoms with Gasteiger partial charge in [-0.3, -0.25) is 9.58 Å². The molecule has 9 heteroatoms. The van der Waals surface area contributed by atoms with Crippen LogP contribution >= 0.6 is 0 Å². The number of carbonyl (C=O) groups is 1. The zero-order valence-electron chi connectivity index (χ0n) is 14.3. The van der Waals surface area contributed by atoms with Crippen LogP contribution in [0.3, 0.4) is 0 Å². The quantitative estimate of drug-likeness (QED) is 0.726. The van der Waals surface area contributed by atoms with Crippen molar-refractivity contribution in [3.63, 3.8) is 0 Å². The van der Waals surface area contributed by atoms with Crippen LogP contribution in [-0.4, -0.2) is 59.1 Å². The molecule has 2 bridgehead atoms. The zero-order valence-corrected chi connectivity index (χ0v) is 14.3. The third kappa shape index (κ3) is 3.06. The van der Waals surface area contributed by atoms with Crippen molar-refractivity contribution in [1.29, 1.82) is 0 Å². The van der Waals surface area contributed by atoms with Gasteiger partial charge in [-0.1, -0.05) is 6.08 Å². The number of aliphatic hydroxyl groups is 1. The molecular weight excluding hydrogens is 336 g/mol. The first-order chi connectivity index (χ1) is 12.5. The molecule has 9 nitrogen and oxygen atoms in total. The van der Waals surface area contributed by atoms with Crippen LogP contribution in [0, 0.1) is 0 Å². The van der Waals surface area contributed by atoms with Crippen molar-refractivity contribution in [1.82, 2.24) is 24.6 Å². The van der Waals surface area contributed by atoms with Gasteiger partial charge in [0.15, 0.2) is 0 Å². The molecule has 2 aliphatic heterocycles. The number of anilines is 2. The number of rotatable bonds is 5. The normalized spacial score (nSPS) is 23.5. The van der Waals surface area contributed by atoms with Crippen molar-refractivity contribution in [3.8, 4) is 0 Å². The molecule has 0 aromatic carbocycles. The third-order valence-electron chi connectivity index (χ3n) is 4.90. The lowest BCUT2D eigenvalue weighted by atomic mass is 9.98. The third-order valence-corrected chi connectivity index (χ3v) is 4.90. The summed E-state index contributed by atoms with van der Waals surface area (Å²) in [6.07, 6.45) is 8.14. The van der Waals surface area contributed by atoms with Crippen LogP contribution in [0.4, 0.5) is 11.6 Å². The summed E-state index contributed by atoms with van der Waals surface area (Å²) >= 11 is 0. The second-order valence-corrected chi connectivity index (χ2v) is 6.65. The number of aliphatic carboxylic acids is 1. The molecule has 3 unspecified atom stereocenters. The van der Waals surface area contributed by atoms with Crippen molar-refractivity contribution in [3.05, 3.63) is 36.4 Å². The Bertz CT molecular complexity index is 864. The maximum absolute atomic E-state index is 11.1. The van der Waals surface area contributed by atoms with E-state index in [0.29, 0.717) is 12.4 Å². The van der Waals surface area contributed by atoms with Crippen molar-refractivity contribution >= 4 is 23.2 Å². The minimum Gasteiger partial charge on any atom is -0.478 e. The van der Waals surface area contributed by atoms with Gasteiger partial charge in [-0.2, -0.15) is 5.10 Å². The summed E-state index contributed by atoms with van der Waals surface area (Å²) in [4.78, 5) is 21.6. The van der Waals surface area contributed by atoms with Gasteiger partial charge in [0, 0.05) is 31.5 Å². The Morgan fingerprint density at radius 3 is 2.96 bits per heavy atom. The van der Waals surface area contributed by atoms with Crippen molar-refractivity contribution in [2.75, 3.05) is 5.32 Å². The molecule has 2 aromatic heterocycles. The molecule has 4 heterocycles. The number of aliphatic hydroxyl groups excluding tert-OH is 1. The molecule has 1 saturated heterocycles. The fraction of sp³-hybridized carbons (Fsp3) is 0.412. The number of hydrogen-bond acceptors (Lipinski definition) is 7. The molecule has 0 saturated carbocycles. The van der Waals surface area contributed by atoms with Crippen molar-refractivity contribution in [2.45, 2.75) is 37.6 Å². The second kappa shape index (κ2) is 6.50. The van der Waals surface area contributed by atoms with Gasteiger partial charge in [0.05, 0.1) is 17.6 Å². The van der Waals surface area contributed by atoms with E-state index in [1.54, 1.807) is 22.0 Å². The monoisotopic (exact) mass is 356 g/mol. The van der Waals surface area contributed by atoms with Crippen LogP contribution in [0.1, 0.15) is 25.0 Å². The minimum absolute atomic E-state index is 0.01000. The lowest BCUT2D eigenvalue weighted by molar-refractivity contribution is -0.160. The summed E-state index contributed by atoms with van der Waals surface area (Å²) in [5.74, 6) is -0.722. The standard InChI is InChI=1S/C17H20N6O3/c1-22-9-11(8-19-22)20-17-18-5-4-14(21-17)10-6-12-2-3-13(7-10)23(12)15(24)16(25)26/h4-6,8-9,12-13,15,24H,2-3,7H2,1H3,(H,25,26)(H,18,20,21). The van der Waals surface area contributed by atoms with E-state index in [4.69, 9.17) is 5.11 Å². The molecule has 3 N–H and O–H groups in total. The van der Waals surface area contributed by atoms with E-state index in [2.05, 4.69) is 20.4 Å².